The third-order valence-electron chi connectivity index (χ3n) is 5.97. The van der Waals surface area contributed by atoms with Crippen LogP contribution in [-0.4, -0.2) is 32.3 Å². The Labute approximate surface area is 210 Å². The zero-order chi connectivity index (χ0) is 24.9. The Hall–Kier alpha value is -3.64. The molecule has 4 aromatic rings. The first-order valence-electron chi connectivity index (χ1n) is 11.7. The standard InChI is InChI=1S/C28H29ClN4O2/c1-19(2)32(17-21-11-5-4-6-12-21)26(34)18-33-25-16-10-9-15-24(25)31-27(33)20(3)30-28(35)22-13-7-8-14-23(22)29/h4-16,19-20H,17-18H2,1-3H3,(H,30,35). The van der Waals surface area contributed by atoms with Gasteiger partial charge in [0.2, 0.25) is 5.91 Å². The number of carbonyl (C=O) groups is 2. The van der Waals surface area contributed by atoms with E-state index >= 15 is 0 Å². The summed E-state index contributed by atoms with van der Waals surface area (Å²) in [7, 11) is 0. The predicted octanol–water partition coefficient (Wildman–Crippen LogP) is 5.62. The number of hydrogen-bond acceptors (Lipinski definition) is 3. The SMILES string of the molecule is CC(NC(=O)c1ccccc1Cl)c1nc2ccccc2n1CC(=O)N(Cc1ccccc1)C(C)C. The number of para-hydroxylation sites is 2. The van der Waals surface area contributed by atoms with Crippen molar-refractivity contribution in [1.29, 1.82) is 0 Å². The van der Waals surface area contributed by atoms with E-state index in [2.05, 4.69) is 5.32 Å². The van der Waals surface area contributed by atoms with E-state index < -0.39 is 6.04 Å². The molecule has 1 atom stereocenters. The minimum Gasteiger partial charge on any atom is -0.342 e. The van der Waals surface area contributed by atoms with Gasteiger partial charge in [0.1, 0.15) is 12.4 Å². The van der Waals surface area contributed by atoms with Crippen LogP contribution in [0.5, 0.6) is 0 Å². The first-order valence-corrected chi connectivity index (χ1v) is 12.1. The Morgan fingerprint density at radius 1 is 0.943 bits per heavy atom. The van der Waals surface area contributed by atoms with Gasteiger partial charge in [0.15, 0.2) is 0 Å². The highest BCUT2D eigenvalue weighted by molar-refractivity contribution is 6.33. The third kappa shape index (κ3) is 5.54. The van der Waals surface area contributed by atoms with Gasteiger partial charge in [-0.3, -0.25) is 9.59 Å². The minimum atomic E-state index is -0.444. The maximum atomic E-state index is 13.5. The van der Waals surface area contributed by atoms with E-state index in [0.29, 0.717) is 23.0 Å². The summed E-state index contributed by atoms with van der Waals surface area (Å²) in [5, 5.41) is 3.37. The van der Waals surface area contributed by atoms with Crippen molar-refractivity contribution in [3.8, 4) is 0 Å². The molecule has 1 N–H and O–H groups in total. The van der Waals surface area contributed by atoms with Crippen LogP contribution in [0.3, 0.4) is 0 Å². The quantitative estimate of drug-likeness (QED) is 0.350. The molecule has 0 aliphatic heterocycles. The first kappa shape index (κ1) is 24.5. The maximum Gasteiger partial charge on any atom is 0.253 e. The Kier molecular flexibility index (Phi) is 7.51. The highest BCUT2D eigenvalue weighted by Crippen LogP contribution is 2.23. The van der Waals surface area contributed by atoms with Crippen LogP contribution in [0.2, 0.25) is 5.02 Å². The summed E-state index contributed by atoms with van der Waals surface area (Å²) in [6.07, 6.45) is 0. The summed E-state index contributed by atoms with van der Waals surface area (Å²) in [6, 6.07) is 24.1. The van der Waals surface area contributed by atoms with Crippen molar-refractivity contribution in [3.05, 3.63) is 101 Å². The number of hydrogen-bond donors (Lipinski definition) is 1. The van der Waals surface area contributed by atoms with Gasteiger partial charge >= 0.3 is 0 Å². The molecule has 0 radical (unpaired) electrons. The molecular formula is C28H29ClN4O2. The molecule has 4 rings (SSSR count). The van der Waals surface area contributed by atoms with Gasteiger partial charge in [-0.25, -0.2) is 4.98 Å². The van der Waals surface area contributed by atoms with Crippen molar-refractivity contribution < 1.29 is 9.59 Å². The number of aromatic nitrogens is 2. The fraction of sp³-hybridized carbons (Fsp3) is 0.250. The number of halogens is 1. The van der Waals surface area contributed by atoms with Gasteiger partial charge in [0.05, 0.1) is 27.7 Å². The first-order chi connectivity index (χ1) is 16.8. The summed E-state index contributed by atoms with van der Waals surface area (Å²) >= 11 is 6.21. The number of fused-ring (bicyclic) bond motifs is 1. The van der Waals surface area contributed by atoms with Gasteiger partial charge in [-0.2, -0.15) is 0 Å². The summed E-state index contributed by atoms with van der Waals surface area (Å²) in [5.41, 5.74) is 3.09. The van der Waals surface area contributed by atoms with Crippen molar-refractivity contribution in [2.24, 2.45) is 0 Å². The highest BCUT2D eigenvalue weighted by Gasteiger charge is 2.24. The molecule has 0 saturated carbocycles. The zero-order valence-corrected chi connectivity index (χ0v) is 20.9. The second kappa shape index (κ2) is 10.7. The average Bonchev–Trinajstić information content (AvgIpc) is 3.21. The van der Waals surface area contributed by atoms with E-state index in [1.807, 2.05) is 84.8 Å². The van der Waals surface area contributed by atoms with Gasteiger partial charge in [-0.15, -0.1) is 0 Å². The lowest BCUT2D eigenvalue weighted by Crippen LogP contribution is -2.39. The normalized spacial score (nSPS) is 12.0. The van der Waals surface area contributed by atoms with E-state index in [9.17, 15) is 9.59 Å². The van der Waals surface area contributed by atoms with Crippen LogP contribution in [0, 0.1) is 0 Å². The molecular weight excluding hydrogens is 460 g/mol. The lowest BCUT2D eigenvalue weighted by atomic mass is 10.2. The van der Waals surface area contributed by atoms with E-state index in [-0.39, 0.29) is 24.4 Å². The van der Waals surface area contributed by atoms with Crippen LogP contribution in [0.25, 0.3) is 11.0 Å². The monoisotopic (exact) mass is 488 g/mol. The molecule has 2 amide bonds. The predicted molar refractivity (Wildman–Crippen MR) is 139 cm³/mol. The molecule has 0 aliphatic rings. The molecule has 1 aromatic heterocycles. The second-order valence-corrected chi connectivity index (χ2v) is 9.23. The molecule has 0 spiro atoms. The molecule has 7 heteroatoms. The third-order valence-corrected chi connectivity index (χ3v) is 6.30. The summed E-state index contributed by atoms with van der Waals surface area (Å²) in [5.74, 6) is 0.308. The summed E-state index contributed by atoms with van der Waals surface area (Å²) < 4.78 is 1.90. The molecule has 0 aliphatic carbocycles. The van der Waals surface area contributed by atoms with Gasteiger partial charge in [-0.1, -0.05) is 66.2 Å². The van der Waals surface area contributed by atoms with Crippen molar-refractivity contribution in [3.63, 3.8) is 0 Å². The van der Waals surface area contributed by atoms with Gasteiger partial charge in [-0.05, 0) is 50.6 Å². The molecule has 3 aromatic carbocycles. The molecule has 1 unspecified atom stereocenters. The van der Waals surface area contributed by atoms with E-state index in [1.54, 1.807) is 24.3 Å². The Morgan fingerprint density at radius 2 is 1.60 bits per heavy atom. The van der Waals surface area contributed by atoms with Crippen LogP contribution < -0.4 is 5.32 Å². The number of rotatable bonds is 8. The Morgan fingerprint density at radius 3 is 2.31 bits per heavy atom. The maximum absolute atomic E-state index is 13.5. The molecule has 1 heterocycles. The molecule has 0 bridgehead atoms. The molecule has 6 nitrogen and oxygen atoms in total. The zero-order valence-electron chi connectivity index (χ0n) is 20.1. The molecule has 0 fully saturated rings. The Bertz CT molecular complexity index is 1330. The van der Waals surface area contributed by atoms with Crippen LogP contribution >= 0.6 is 11.6 Å². The fourth-order valence-corrected chi connectivity index (χ4v) is 4.36. The van der Waals surface area contributed by atoms with Crippen molar-refractivity contribution >= 4 is 34.4 Å². The molecule has 35 heavy (non-hydrogen) atoms. The van der Waals surface area contributed by atoms with Crippen LogP contribution in [-0.2, 0) is 17.9 Å². The van der Waals surface area contributed by atoms with Crippen molar-refractivity contribution in [1.82, 2.24) is 19.8 Å². The lowest BCUT2D eigenvalue weighted by Gasteiger charge is -2.28. The Balaban J connectivity index is 1.62. The van der Waals surface area contributed by atoms with Crippen LogP contribution in [0.1, 0.15) is 48.6 Å². The van der Waals surface area contributed by atoms with E-state index in [0.717, 1.165) is 16.6 Å². The number of nitrogens with one attached hydrogen (secondary N) is 1. The van der Waals surface area contributed by atoms with Gasteiger partial charge in [0, 0.05) is 12.6 Å². The summed E-state index contributed by atoms with van der Waals surface area (Å²) in [6.45, 7) is 6.53. The number of nitrogens with zero attached hydrogens (tertiary/aromatic N) is 3. The number of carbonyl (C=O) groups excluding carboxylic acids is 2. The van der Waals surface area contributed by atoms with Crippen molar-refractivity contribution in [2.75, 3.05) is 0 Å². The average molecular weight is 489 g/mol. The van der Waals surface area contributed by atoms with Gasteiger partial charge in [0.25, 0.3) is 5.91 Å². The van der Waals surface area contributed by atoms with E-state index in [1.165, 1.54) is 0 Å². The van der Waals surface area contributed by atoms with Crippen LogP contribution in [0.4, 0.5) is 0 Å². The fourth-order valence-electron chi connectivity index (χ4n) is 4.14. The smallest absolute Gasteiger partial charge is 0.253 e. The van der Waals surface area contributed by atoms with Crippen molar-refractivity contribution in [2.45, 2.75) is 45.9 Å². The molecule has 180 valence electrons. The minimum absolute atomic E-state index is 0.0158. The molecule has 0 saturated heterocycles. The number of benzene rings is 3. The largest absolute Gasteiger partial charge is 0.342 e. The second-order valence-electron chi connectivity index (χ2n) is 8.82. The van der Waals surface area contributed by atoms with E-state index in [4.69, 9.17) is 16.6 Å². The highest BCUT2D eigenvalue weighted by atomic mass is 35.5. The summed E-state index contributed by atoms with van der Waals surface area (Å²) in [4.78, 5) is 33.1. The number of imidazole rings is 1. The lowest BCUT2D eigenvalue weighted by molar-refractivity contribution is -0.134. The van der Waals surface area contributed by atoms with Crippen LogP contribution in [0.15, 0.2) is 78.9 Å². The number of amides is 2. The topological polar surface area (TPSA) is 67.2 Å². The van der Waals surface area contributed by atoms with Gasteiger partial charge < -0.3 is 14.8 Å².